The van der Waals surface area contributed by atoms with Gasteiger partial charge in [-0.3, -0.25) is 15.5 Å². The molecule has 1 aromatic heterocycles. The quantitative estimate of drug-likeness (QED) is 0.320. The third kappa shape index (κ3) is 3.88. The Morgan fingerprint density at radius 2 is 1.79 bits per heavy atom. The van der Waals surface area contributed by atoms with Gasteiger partial charge in [-0.25, -0.2) is 4.98 Å². The van der Waals surface area contributed by atoms with E-state index < -0.39 is 0 Å². The number of benzene rings is 2. The molecule has 3 rings (SSSR count). The molecular weight excluding hydrogens is 348 g/mol. The summed E-state index contributed by atoms with van der Waals surface area (Å²) < 4.78 is 0. The van der Waals surface area contributed by atoms with Gasteiger partial charge in [0.1, 0.15) is 0 Å². The number of nitrogens with one attached hydrogen (secondary N) is 3. The number of pyridine rings is 1. The van der Waals surface area contributed by atoms with Crippen LogP contribution in [-0.4, -0.2) is 17.4 Å². The minimum atomic E-state index is -0.180. The summed E-state index contributed by atoms with van der Waals surface area (Å²) in [6.45, 7) is 6.58. The lowest BCUT2D eigenvalue weighted by atomic mass is 9.77. The van der Waals surface area contributed by atoms with Crippen LogP contribution in [0.5, 0.6) is 0 Å². The molecule has 0 fully saturated rings. The van der Waals surface area contributed by atoms with E-state index in [2.05, 4.69) is 43.5 Å². The number of nitrogens with zero attached hydrogens (tertiary/aromatic N) is 1. The van der Waals surface area contributed by atoms with Gasteiger partial charge in [-0.15, -0.1) is 0 Å². The van der Waals surface area contributed by atoms with E-state index in [1.165, 1.54) is 0 Å². The maximum Gasteiger partial charge on any atom is 0.213 e. The van der Waals surface area contributed by atoms with E-state index in [0.717, 1.165) is 46.3 Å². The fourth-order valence-corrected chi connectivity index (χ4v) is 3.78. The van der Waals surface area contributed by atoms with Crippen molar-refractivity contribution in [2.45, 2.75) is 39.0 Å². The fraction of sp³-hybridized carbons (Fsp3) is 0.261. The lowest BCUT2D eigenvalue weighted by Gasteiger charge is -2.31. The Labute approximate surface area is 165 Å². The molecule has 0 aliphatic rings. The Bertz CT molecular complexity index is 996. The Hall–Kier alpha value is -3.21. The van der Waals surface area contributed by atoms with E-state index in [9.17, 15) is 4.79 Å². The van der Waals surface area contributed by atoms with Gasteiger partial charge in [0.05, 0.1) is 16.9 Å². The Kier molecular flexibility index (Phi) is 5.73. The van der Waals surface area contributed by atoms with Crippen molar-refractivity contribution in [2.75, 3.05) is 5.32 Å². The van der Waals surface area contributed by atoms with Crippen LogP contribution in [0.3, 0.4) is 0 Å². The summed E-state index contributed by atoms with van der Waals surface area (Å²) in [6.07, 6.45) is 2.50. The van der Waals surface area contributed by atoms with Crippen LogP contribution in [-0.2, 0) is 10.2 Å². The average molecular weight is 374 g/mol. The second kappa shape index (κ2) is 8.21. The van der Waals surface area contributed by atoms with E-state index in [0.29, 0.717) is 6.41 Å². The number of amides is 1. The van der Waals surface area contributed by atoms with Crippen LogP contribution in [0.15, 0.2) is 54.6 Å². The first kappa shape index (κ1) is 19.5. The maximum atomic E-state index is 10.8. The molecule has 5 nitrogen and oxygen atoms in total. The largest absolute Gasteiger partial charge is 0.325 e. The van der Waals surface area contributed by atoms with E-state index in [1.54, 1.807) is 0 Å². The van der Waals surface area contributed by atoms with E-state index in [1.807, 2.05) is 42.5 Å². The number of aromatic nitrogens is 1. The smallest absolute Gasteiger partial charge is 0.213 e. The highest BCUT2D eigenvalue weighted by atomic mass is 16.1. The van der Waals surface area contributed by atoms with Crippen LogP contribution in [0.1, 0.15) is 39.2 Å². The molecule has 2 aromatic carbocycles. The lowest BCUT2D eigenvalue weighted by Crippen LogP contribution is -2.30. The molecule has 0 saturated heterocycles. The van der Waals surface area contributed by atoms with Crippen molar-refractivity contribution in [1.82, 2.24) is 10.3 Å². The second-order valence-electron chi connectivity index (χ2n) is 7.49. The summed E-state index contributed by atoms with van der Waals surface area (Å²) in [5.74, 6) is -0.0566. The molecule has 0 bridgehead atoms. The molecule has 0 atom stereocenters. The van der Waals surface area contributed by atoms with Gasteiger partial charge in [-0.2, -0.15) is 0 Å². The highest BCUT2D eigenvalue weighted by Gasteiger charge is 2.29. The van der Waals surface area contributed by atoms with Crippen LogP contribution in [0.2, 0.25) is 0 Å². The number of carbonyl (C=O) groups is 1. The summed E-state index contributed by atoms with van der Waals surface area (Å²) in [5.41, 5.74) is 4.48. The van der Waals surface area contributed by atoms with Gasteiger partial charge < -0.3 is 5.32 Å². The Morgan fingerprint density at radius 1 is 1.11 bits per heavy atom. The standard InChI is InChI=1S/C23H26N4O/c1-4-14-23(2,3)19-20(16-10-6-5-7-11-16)26-18-13-9-8-12-17(18)21(19)27-22(24)25-15-28/h5-13,15H,4,14H2,1-3H3,(H3,24,25,26,27,28). The third-order valence-electron chi connectivity index (χ3n) is 4.94. The van der Waals surface area contributed by atoms with Crippen LogP contribution in [0.4, 0.5) is 5.69 Å². The van der Waals surface area contributed by atoms with Crippen molar-refractivity contribution in [2.24, 2.45) is 0 Å². The molecule has 3 N–H and O–H groups in total. The van der Waals surface area contributed by atoms with E-state index in [4.69, 9.17) is 10.4 Å². The zero-order chi connectivity index (χ0) is 20.1. The summed E-state index contributed by atoms with van der Waals surface area (Å²) in [6, 6.07) is 18.0. The predicted molar refractivity (Wildman–Crippen MR) is 116 cm³/mol. The number of hydrogen-bond donors (Lipinski definition) is 3. The molecule has 3 aromatic rings. The van der Waals surface area contributed by atoms with Crippen LogP contribution in [0.25, 0.3) is 22.2 Å². The van der Waals surface area contributed by atoms with Gasteiger partial charge in [-0.1, -0.05) is 75.7 Å². The van der Waals surface area contributed by atoms with Gasteiger partial charge in [0.2, 0.25) is 6.41 Å². The first-order valence-corrected chi connectivity index (χ1v) is 9.52. The van der Waals surface area contributed by atoms with Gasteiger partial charge in [0.25, 0.3) is 0 Å². The van der Waals surface area contributed by atoms with Crippen molar-refractivity contribution in [3.8, 4) is 11.3 Å². The number of anilines is 1. The van der Waals surface area contributed by atoms with Crippen molar-refractivity contribution >= 4 is 29.0 Å². The molecule has 0 radical (unpaired) electrons. The zero-order valence-corrected chi connectivity index (χ0v) is 16.5. The molecule has 1 heterocycles. The highest BCUT2D eigenvalue weighted by molar-refractivity contribution is 6.06. The fourth-order valence-electron chi connectivity index (χ4n) is 3.78. The average Bonchev–Trinajstić information content (AvgIpc) is 2.68. The molecule has 0 unspecified atom stereocenters. The Balaban J connectivity index is 2.37. The Morgan fingerprint density at radius 3 is 2.46 bits per heavy atom. The zero-order valence-electron chi connectivity index (χ0n) is 16.5. The number of hydrogen-bond acceptors (Lipinski definition) is 3. The molecule has 144 valence electrons. The summed E-state index contributed by atoms with van der Waals surface area (Å²) in [7, 11) is 0. The highest BCUT2D eigenvalue weighted by Crippen LogP contribution is 2.43. The first-order chi connectivity index (χ1) is 13.5. The molecule has 28 heavy (non-hydrogen) atoms. The molecular formula is C23H26N4O. The summed E-state index contributed by atoms with van der Waals surface area (Å²) in [5, 5.41) is 14.6. The van der Waals surface area contributed by atoms with E-state index >= 15 is 0 Å². The minimum absolute atomic E-state index is 0.0566. The summed E-state index contributed by atoms with van der Waals surface area (Å²) in [4.78, 5) is 15.8. The third-order valence-corrected chi connectivity index (χ3v) is 4.94. The van der Waals surface area contributed by atoms with E-state index in [-0.39, 0.29) is 11.4 Å². The van der Waals surface area contributed by atoms with Crippen molar-refractivity contribution in [3.05, 3.63) is 60.2 Å². The number of para-hydroxylation sites is 1. The van der Waals surface area contributed by atoms with Crippen molar-refractivity contribution in [1.29, 1.82) is 5.41 Å². The van der Waals surface area contributed by atoms with Crippen LogP contribution in [0, 0.1) is 5.41 Å². The van der Waals surface area contributed by atoms with Gasteiger partial charge in [0.15, 0.2) is 5.96 Å². The van der Waals surface area contributed by atoms with Gasteiger partial charge in [0, 0.05) is 16.5 Å². The van der Waals surface area contributed by atoms with Crippen molar-refractivity contribution in [3.63, 3.8) is 0 Å². The molecule has 0 saturated carbocycles. The maximum absolute atomic E-state index is 10.8. The lowest BCUT2D eigenvalue weighted by molar-refractivity contribution is -0.108. The predicted octanol–water partition coefficient (Wildman–Crippen LogP) is 5.07. The topological polar surface area (TPSA) is 77.9 Å². The minimum Gasteiger partial charge on any atom is -0.325 e. The number of guanidine groups is 1. The second-order valence-corrected chi connectivity index (χ2v) is 7.49. The van der Waals surface area contributed by atoms with Gasteiger partial charge in [-0.05, 0) is 17.9 Å². The molecule has 1 amide bonds. The SMILES string of the molecule is CCCC(C)(C)c1c(-c2ccccc2)nc2ccccc2c1NC(=N)NC=O. The van der Waals surface area contributed by atoms with Crippen LogP contribution < -0.4 is 10.6 Å². The molecule has 5 heteroatoms. The van der Waals surface area contributed by atoms with Gasteiger partial charge >= 0.3 is 0 Å². The van der Waals surface area contributed by atoms with Crippen molar-refractivity contribution < 1.29 is 4.79 Å². The number of rotatable bonds is 6. The normalized spacial score (nSPS) is 11.2. The van der Waals surface area contributed by atoms with Crippen LogP contribution >= 0.6 is 0 Å². The molecule has 0 aliphatic carbocycles. The summed E-state index contributed by atoms with van der Waals surface area (Å²) >= 11 is 0. The number of carbonyl (C=O) groups excluding carboxylic acids is 1. The number of fused-ring (bicyclic) bond motifs is 1. The molecule has 0 aliphatic heterocycles. The molecule has 0 spiro atoms. The first-order valence-electron chi connectivity index (χ1n) is 9.52. The monoisotopic (exact) mass is 374 g/mol.